The van der Waals surface area contributed by atoms with Crippen molar-refractivity contribution in [1.82, 2.24) is 9.97 Å². The van der Waals surface area contributed by atoms with Gasteiger partial charge in [0.1, 0.15) is 11.2 Å². The largest absolute Gasteiger partial charge is 0.456 e. The monoisotopic (exact) mass is 706 g/mol. The van der Waals surface area contributed by atoms with Crippen molar-refractivity contribution in [2.24, 2.45) is 0 Å². The quantitative estimate of drug-likeness (QED) is 0.179. The van der Waals surface area contributed by atoms with E-state index in [4.69, 9.17) is 14.4 Å². The van der Waals surface area contributed by atoms with Crippen LogP contribution >= 0.6 is 11.3 Å². The van der Waals surface area contributed by atoms with E-state index in [1.807, 2.05) is 12.1 Å². The number of para-hydroxylation sites is 1. The van der Waals surface area contributed by atoms with Crippen molar-refractivity contribution in [2.75, 3.05) is 0 Å². The molecule has 0 fully saturated rings. The average Bonchev–Trinajstić information content (AvgIpc) is 3.82. The van der Waals surface area contributed by atoms with E-state index in [1.165, 1.54) is 32.3 Å². The summed E-state index contributed by atoms with van der Waals surface area (Å²) in [6.45, 7) is 0. The second-order valence-corrected chi connectivity index (χ2v) is 14.8. The number of nitrogens with zero attached hydrogens (tertiary/aromatic N) is 2. The number of aromatic nitrogens is 2. The predicted molar refractivity (Wildman–Crippen MR) is 227 cm³/mol. The molecule has 252 valence electrons. The van der Waals surface area contributed by atoms with Crippen LogP contribution in [0.5, 0.6) is 0 Å². The number of hydrogen-bond donors (Lipinski definition) is 0. The molecule has 0 bridgehead atoms. The maximum absolute atomic E-state index is 6.61. The van der Waals surface area contributed by atoms with E-state index in [-0.39, 0.29) is 0 Å². The number of benzene rings is 8. The summed E-state index contributed by atoms with van der Waals surface area (Å²) in [5, 5.41) is 5.60. The zero-order valence-electron chi connectivity index (χ0n) is 29.0. The molecule has 3 aromatic heterocycles. The van der Waals surface area contributed by atoms with Gasteiger partial charge in [0.2, 0.25) is 0 Å². The predicted octanol–water partition coefficient (Wildman–Crippen LogP) is 14.2. The van der Waals surface area contributed by atoms with Crippen molar-refractivity contribution < 1.29 is 4.42 Å². The third-order valence-corrected chi connectivity index (χ3v) is 11.7. The number of furan rings is 1. The van der Waals surface area contributed by atoms with Gasteiger partial charge in [-0.2, -0.15) is 0 Å². The Labute approximate surface area is 315 Å². The van der Waals surface area contributed by atoms with Crippen molar-refractivity contribution in [3.8, 4) is 56.0 Å². The highest BCUT2D eigenvalue weighted by atomic mass is 32.1. The Kier molecular flexibility index (Phi) is 7.04. The minimum absolute atomic E-state index is 0.702. The fourth-order valence-corrected chi connectivity index (χ4v) is 8.94. The van der Waals surface area contributed by atoms with Gasteiger partial charge in [0, 0.05) is 32.0 Å². The Bertz CT molecular complexity index is 3200. The van der Waals surface area contributed by atoms with Crippen LogP contribution in [0, 0.1) is 0 Å². The normalized spacial score (nSPS) is 11.7. The lowest BCUT2D eigenvalue weighted by molar-refractivity contribution is 0.669. The number of thiophene rings is 1. The van der Waals surface area contributed by atoms with Gasteiger partial charge in [-0.3, -0.25) is 0 Å². The van der Waals surface area contributed by atoms with Gasteiger partial charge in [0.05, 0.1) is 15.9 Å². The summed E-state index contributed by atoms with van der Waals surface area (Å²) in [6.07, 6.45) is 0. The summed E-state index contributed by atoms with van der Waals surface area (Å²) in [4.78, 5) is 10.8. The van der Waals surface area contributed by atoms with Crippen LogP contribution in [0.4, 0.5) is 0 Å². The molecule has 0 aliphatic heterocycles. The molecule has 3 nitrogen and oxygen atoms in total. The molecule has 0 N–H and O–H groups in total. The molecule has 11 rings (SSSR count). The lowest BCUT2D eigenvalue weighted by Crippen LogP contribution is -1.95. The molecule has 0 atom stereocenters. The van der Waals surface area contributed by atoms with E-state index in [0.717, 1.165) is 70.9 Å². The van der Waals surface area contributed by atoms with Gasteiger partial charge in [-0.1, -0.05) is 146 Å². The Morgan fingerprint density at radius 3 is 1.74 bits per heavy atom. The van der Waals surface area contributed by atoms with Crippen LogP contribution in [0.3, 0.4) is 0 Å². The Morgan fingerprint density at radius 1 is 0.407 bits per heavy atom. The second kappa shape index (κ2) is 12.4. The maximum Gasteiger partial charge on any atom is 0.160 e. The molecule has 11 aromatic rings. The Morgan fingerprint density at radius 2 is 0.981 bits per heavy atom. The molecule has 8 aromatic carbocycles. The molecule has 3 heterocycles. The Balaban J connectivity index is 1.14. The second-order valence-electron chi connectivity index (χ2n) is 13.8. The van der Waals surface area contributed by atoms with Crippen LogP contribution in [0.1, 0.15) is 0 Å². The van der Waals surface area contributed by atoms with Gasteiger partial charge in [0.25, 0.3) is 0 Å². The van der Waals surface area contributed by atoms with E-state index in [9.17, 15) is 0 Å². The molecule has 0 aliphatic carbocycles. The van der Waals surface area contributed by atoms with Gasteiger partial charge >= 0.3 is 0 Å². The Hall–Kier alpha value is -6.88. The maximum atomic E-state index is 6.61. The topological polar surface area (TPSA) is 38.9 Å². The first kappa shape index (κ1) is 30.7. The molecular weight excluding hydrogens is 677 g/mol. The van der Waals surface area contributed by atoms with Gasteiger partial charge < -0.3 is 4.42 Å². The van der Waals surface area contributed by atoms with E-state index >= 15 is 0 Å². The van der Waals surface area contributed by atoms with Crippen molar-refractivity contribution >= 4 is 64.4 Å². The fraction of sp³-hybridized carbons (Fsp3) is 0. The molecule has 0 radical (unpaired) electrons. The van der Waals surface area contributed by atoms with Crippen LogP contribution in [-0.4, -0.2) is 9.97 Å². The van der Waals surface area contributed by atoms with E-state index < -0.39 is 0 Å². The first-order valence-electron chi connectivity index (χ1n) is 18.1. The molecule has 0 saturated carbocycles. The van der Waals surface area contributed by atoms with Crippen molar-refractivity contribution in [3.63, 3.8) is 0 Å². The standard InChI is InChI=1S/C50H30N2OS/c1-3-11-31(12-4-1)33-19-21-34(22-20-33)39-29-42(46-40-15-7-9-17-43(40)53-44(46)30-39)48-49-47(41-16-8-10-18-45(41)54-49)51-50(52-48)38-26-25-36-27-35(23-24-37(36)28-38)32-13-5-2-6-14-32/h1-30H. The number of hydrogen-bond acceptors (Lipinski definition) is 4. The van der Waals surface area contributed by atoms with Crippen molar-refractivity contribution in [3.05, 3.63) is 182 Å². The van der Waals surface area contributed by atoms with Gasteiger partial charge in [-0.05, 0) is 80.6 Å². The third-order valence-electron chi connectivity index (χ3n) is 10.5. The van der Waals surface area contributed by atoms with Crippen LogP contribution in [0.2, 0.25) is 0 Å². The van der Waals surface area contributed by atoms with Crippen LogP contribution < -0.4 is 0 Å². The molecule has 0 spiro atoms. The lowest BCUT2D eigenvalue weighted by Gasteiger charge is -2.12. The van der Waals surface area contributed by atoms with Crippen LogP contribution in [-0.2, 0) is 0 Å². The summed E-state index contributed by atoms with van der Waals surface area (Å²) >= 11 is 1.75. The minimum Gasteiger partial charge on any atom is -0.456 e. The van der Waals surface area contributed by atoms with Gasteiger partial charge in [-0.15, -0.1) is 11.3 Å². The molecular formula is C50H30N2OS. The van der Waals surface area contributed by atoms with Gasteiger partial charge in [0.15, 0.2) is 5.82 Å². The van der Waals surface area contributed by atoms with Crippen molar-refractivity contribution in [2.45, 2.75) is 0 Å². The highest BCUT2D eigenvalue weighted by Crippen LogP contribution is 2.45. The number of fused-ring (bicyclic) bond motifs is 7. The first-order chi connectivity index (χ1) is 26.7. The minimum atomic E-state index is 0.702. The zero-order chi connectivity index (χ0) is 35.6. The highest BCUT2D eigenvalue weighted by molar-refractivity contribution is 7.26. The first-order valence-corrected chi connectivity index (χ1v) is 19.0. The summed E-state index contributed by atoms with van der Waals surface area (Å²) in [7, 11) is 0. The number of rotatable bonds is 5. The summed E-state index contributed by atoms with van der Waals surface area (Å²) in [5.74, 6) is 0.702. The highest BCUT2D eigenvalue weighted by Gasteiger charge is 2.22. The van der Waals surface area contributed by atoms with Crippen molar-refractivity contribution in [1.29, 1.82) is 0 Å². The summed E-state index contributed by atoms with van der Waals surface area (Å²) in [6, 6.07) is 64.4. The average molecular weight is 707 g/mol. The SMILES string of the molecule is c1ccc(-c2ccc(-c3cc(-c4nc(-c5ccc6cc(-c7ccccc7)ccc6c5)nc5c4sc4ccccc45)c4c(c3)oc3ccccc34)cc2)cc1. The molecule has 0 aliphatic rings. The molecule has 0 unspecified atom stereocenters. The van der Waals surface area contributed by atoms with Crippen LogP contribution in [0.25, 0.3) is 109 Å². The molecule has 0 saturated heterocycles. The summed E-state index contributed by atoms with van der Waals surface area (Å²) < 4.78 is 8.86. The molecule has 54 heavy (non-hydrogen) atoms. The van der Waals surface area contributed by atoms with E-state index in [0.29, 0.717) is 5.82 Å². The lowest BCUT2D eigenvalue weighted by atomic mass is 9.95. The zero-order valence-corrected chi connectivity index (χ0v) is 29.8. The summed E-state index contributed by atoms with van der Waals surface area (Å²) in [5.41, 5.74) is 12.6. The molecule has 4 heteroatoms. The van der Waals surface area contributed by atoms with Gasteiger partial charge in [-0.25, -0.2) is 9.97 Å². The van der Waals surface area contributed by atoms with Crippen LogP contribution in [0.15, 0.2) is 186 Å². The van der Waals surface area contributed by atoms with E-state index in [1.54, 1.807) is 11.3 Å². The van der Waals surface area contributed by atoms with E-state index in [2.05, 4.69) is 170 Å². The fourth-order valence-electron chi connectivity index (χ4n) is 7.79. The molecule has 0 amide bonds. The third kappa shape index (κ3) is 5.11. The smallest absolute Gasteiger partial charge is 0.160 e.